The van der Waals surface area contributed by atoms with Crippen molar-refractivity contribution < 1.29 is 32.5 Å². The van der Waals surface area contributed by atoms with Crippen molar-refractivity contribution in [3.63, 3.8) is 0 Å². The lowest BCUT2D eigenvalue weighted by molar-refractivity contribution is 0.0357. The molecule has 44 heavy (non-hydrogen) atoms. The molecule has 1 aromatic heterocycles. The third-order valence-electron chi connectivity index (χ3n) is 6.83. The molecule has 0 spiro atoms. The Morgan fingerprint density at radius 1 is 1.09 bits per heavy atom. The quantitative estimate of drug-likeness (QED) is 0.124. The standard InChI is InChI=1S/C31H30ClF2N5O5/c1-41-29-17-23-26(18-30(29)43-12-2-9-38-10-13-42-14-11-38)36-8-7-27(23)44-28-6-5-22(16-25(28)34)39(31(35)40)37-19-20-3-4-21(33)15-24(20)32/h3-8,15-19H,2,9-14H2,1H3,(H2,35,40)/b37-19+. The fourth-order valence-electron chi connectivity index (χ4n) is 4.58. The zero-order valence-electron chi connectivity index (χ0n) is 23.8. The molecule has 1 fully saturated rings. The number of halogens is 3. The summed E-state index contributed by atoms with van der Waals surface area (Å²) in [5.41, 5.74) is 6.41. The van der Waals surface area contributed by atoms with Crippen LogP contribution in [0.3, 0.4) is 0 Å². The Balaban J connectivity index is 1.31. The molecule has 0 radical (unpaired) electrons. The first kappa shape index (κ1) is 30.9. The molecular weight excluding hydrogens is 596 g/mol. The van der Waals surface area contributed by atoms with E-state index >= 15 is 4.39 Å². The number of hydrogen-bond donors (Lipinski definition) is 1. The zero-order valence-corrected chi connectivity index (χ0v) is 24.6. The number of fused-ring (bicyclic) bond motifs is 1. The number of nitrogens with zero attached hydrogens (tertiary/aromatic N) is 4. The van der Waals surface area contributed by atoms with Gasteiger partial charge in [-0.25, -0.2) is 13.6 Å². The number of carbonyl (C=O) groups excluding carboxylic acids is 1. The van der Waals surface area contributed by atoms with Crippen LogP contribution < -0.4 is 25.0 Å². The highest BCUT2D eigenvalue weighted by atomic mass is 35.5. The van der Waals surface area contributed by atoms with E-state index in [1.54, 1.807) is 24.4 Å². The third kappa shape index (κ3) is 7.51. The highest BCUT2D eigenvalue weighted by Gasteiger charge is 2.17. The summed E-state index contributed by atoms with van der Waals surface area (Å²) < 4.78 is 51.5. The fourth-order valence-corrected chi connectivity index (χ4v) is 4.80. The first-order valence-electron chi connectivity index (χ1n) is 13.8. The average Bonchev–Trinajstić information content (AvgIpc) is 3.01. The number of pyridine rings is 1. The zero-order chi connectivity index (χ0) is 31.1. The summed E-state index contributed by atoms with van der Waals surface area (Å²) in [5, 5.41) is 5.44. The minimum Gasteiger partial charge on any atom is -0.493 e. The van der Waals surface area contributed by atoms with Crippen molar-refractivity contribution in [3.05, 3.63) is 83.0 Å². The molecule has 2 heterocycles. The SMILES string of the molecule is COc1cc2c(Oc3ccc(N(/N=C/c4ccc(F)cc4Cl)C(N)=O)cc3F)ccnc2cc1OCCCN1CCOCC1. The van der Waals surface area contributed by atoms with E-state index in [0.717, 1.165) is 56.4 Å². The average molecular weight is 626 g/mol. The summed E-state index contributed by atoms with van der Waals surface area (Å²) in [5.74, 6) is -0.0695. The van der Waals surface area contributed by atoms with Gasteiger partial charge < -0.3 is 24.7 Å². The van der Waals surface area contributed by atoms with Crippen molar-refractivity contribution in [2.24, 2.45) is 10.8 Å². The third-order valence-corrected chi connectivity index (χ3v) is 7.16. The molecule has 2 amide bonds. The lowest BCUT2D eigenvalue weighted by Gasteiger charge is -2.26. The van der Waals surface area contributed by atoms with Gasteiger partial charge in [0.05, 0.1) is 49.4 Å². The lowest BCUT2D eigenvalue weighted by atomic mass is 10.1. The van der Waals surface area contributed by atoms with Crippen LogP contribution in [0.1, 0.15) is 12.0 Å². The number of carbonyl (C=O) groups is 1. The predicted octanol–water partition coefficient (Wildman–Crippen LogP) is 5.99. The Morgan fingerprint density at radius 2 is 1.91 bits per heavy atom. The number of morpholine rings is 1. The molecule has 5 rings (SSSR count). The van der Waals surface area contributed by atoms with Crippen LogP contribution in [0.15, 0.2) is 65.9 Å². The van der Waals surface area contributed by atoms with Crippen molar-refractivity contribution in [2.75, 3.05) is 51.6 Å². The molecule has 2 N–H and O–H groups in total. The van der Waals surface area contributed by atoms with Crippen molar-refractivity contribution >= 4 is 40.4 Å². The predicted molar refractivity (Wildman–Crippen MR) is 163 cm³/mol. The van der Waals surface area contributed by atoms with E-state index in [1.165, 1.54) is 37.6 Å². The Kier molecular flexibility index (Phi) is 10.1. The first-order chi connectivity index (χ1) is 21.3. The molecule has 0 aliphatic carbocycles. The molecule has 0 atom stereocenters. The molecule has 4 aromatic rings. The van der Waals surface area contributed by atoms with Gasteiger partial charge in [0.15, 0.2) is 23.1 Å². The van der Waals surface area contributed by atoms with Crippen LogP contribution in [0.2, 0.25) is 5.02 Å². The number of benzene rings is 3. The molecule has 1 saturated heterocycles. The summed E-state index contributed by atoms with van der Waals surface area (Å²) in [6.07, 6.45) is 3.60. The van der Waals surface area contributed by atoms with Gasteiger partial charge in [-0.3, -0.25) is 9.88 Å². The maximum absolute atomic E-state index is 15.3. The number of hydrazone groups is 1. The van der Waals surface area contributed by atoms with Gasteiger partial charge in [0.25, 0.3) is 0 Å². The summed E-state index contributed by atoms with van der Waals surface area (Å²) in [4.78, 5) is 18.8. The van der Waals surface area contributed by atoms with Crippen molar-refractivity contribution in [3.8, 4) is 23.0 Å². The number of nitrogens with two attached hydrogens (primary N) is 1. The van der Waals surface area contributed by atoms with Gasteiger partial charge in [0, 0.05) is 48.9 Å². The second kappa shape index (κ2) is 14.3. The van der Waals surface area contributed by atoms with Gasteiger partial charge in [0.2, 0.25) is 0 Å². The second-order valence-corrected chi connectivity index (χ2v) is 10.2. The number of amides is 2. The highest BCUT2D eigenvalue weighted by molar-refractivity contribution is 6.33. The van der Waals surface area contributed by atoms with Gasteiger partial charge in [0.1, 0.15) is 11.6 Å². The van der Waals surface area contributed by atoms with Crippen molar-refractivity contribution in [1.82, 2.24) is 9.88 Å². The van der Waals surface area contributed by atoms with Crippen LogP contribution in [-0.4, -0.2) is 68.7 Å². The number of primary amides is 1. The smallest absolute Gasteiger partial charge is 0.340 e. The Labute approximate surface area is 257 Å². The van der Waals surface area contributed by atoms with E-state index in [9.17, 15) is 9.18 Å². The van der Waals surface area contributed by atoms with Crippen molar-refractivity contribution in [2.45, 2.75) is 6.42 Å². The Morgan fingerprint density at radius 3 is 2.64 bits per heavy atom. The normalized spacial score (nSPS) is 13.7. The molecular formula is C31H30ClF2N5O5. The number of aromatic nitrogens is 1. The molecule has 230 valence electrons. The van der Waals surface area contributed by atoms with Crippen LogP contribution >= 0.6 is 11.6 Å². The van der Waals surface area contributed by atoms with E-state index in [1.807, 2.05) is 0 Å². The molecule has 1 aliphatic heterocycles. The van der Waals surface area contributed by atoms with Crippen LogP contribution in [0, 0.1) is 11.6 Å². The number of hydrogen-bond acceptors (Lipinski definition) is 8. The molecule has 13 heteroatoms. The van der Waals surface area contributed by atoms with Crippen LogP contribution in [0.5, 0.6) is 23.0 Å². The summed E-state index contributed by atoms with van der Waals surface area (Å²) >= 11 is 6.02. The molecule has 0 saturated carbocycles. The Hall–Kier alpha value is -4.52. The maximum atomic E-state index is 15.3. The minimum absolute atomic E-state index is 0.0356. The second-order valence-electron chi connectivity index (χ2n) is 9.76. The largest absolute Gasteiger partial charge is 0.493 e. The molecule has 10 nitrogen and oxygen atoms in total. The molecule has 1 aliphatic rings. The van der Waals surface area contributed by atoms with Crippen molar-refractivity contribution in [1.29, 1.82) is 0 Å². The van der Waals surface area contributed by atoms with E-state index < -0.39 is 17.7 Å². The van der Waals surface area contributed by atoms with E-state index in [0.29, 0.717) is 40.3 Å². The number of methoxy groups -OCH3 is 1. The maximum Gasteiger partial charge on any atom is 0.340 e. The topological polar surface area (TPSA) is 112 Å². The van der Waals surface area contributed by atoms with E-state index in [-0.39, 0.29) is 16.5 Å². The summed E-state index contributed by atoms with van der Waals surface area (Å²) in [7, 11) is 1.54. The molecule has 0 unspecified atom stereocenters. The highest BCUT2D eigenvalue weighted by Crippen LogP contribution is 2.38. The van der Waals surface area contributed by atoms with Gasteiger partial charge in [-0.1, -0.05) is 11.6 Å². The van der Waals surface area contributed by atoms with E-state index in [2.05, 4.69) is 15.0 Å². The molecule has 0 bridgehead atoms. The van der Waals surface area contributed by atoms with Gasteiger partial charge in [-0.05, 0) is 48.9 Å². The Bertz CT molecular complexity index is 1670. The monoisotopic (exact) mass is 625 g/mol. The summed E-state index contributed by atoms with van der Waals surface area (Å²) in [6, 6.07) is 11.6. The van der Waals surface area contributed by atoms with E-state index in [4.69, 9.17) is 36.3 Å². The number of anilines is 1. The molecule has 3 aromatic carbocycles. The lowest BCUT2D eigenvalue weighted by Crippen LogP contribution is -2.37. The van der Waals surface area contributed by atoms with Crippen LogP contribution in [0.4, 0.5) is 19.3 Å². The fraction of sp³-hybridized carbons (Fsp3) is 0.258. The minimum atomic E-state index is -0.973. The van der Waals surface area contributed by atoms with Gasteiger partial charge in [-0.2, -0.15) is 10.1 Å². The summed E-state index contributed by atoms with van der Waals surface area (Å²) in [6.45, 7) is 4.73. The number of urea groups is 1. The first-order valence-corrected chi connectivity index (χ1v) is 14.2. The van der Waals surface area contributed by atoms with Crippen LogP contribution in [-0.2, 0) is 4.74 Å². The van der Waals surface area contributed by atoms with Crippen LogP contribution in [0.25, 0.3) is 10.9 Å². The van der Waals surface area contributed by atoms with Gasteiger partial charge in [-0.15, -0.1) is 0 Å². The van der Waals surface area contributed by atoms with Gasteiger partial charge >= 0.3 is 6.03 Å². The number of ether oxygens (including phenoxy) is 4. The number of rotatable bonds is 11.